The van der Waals surface area contributed by atoms with Gasteiger partial charge in [0.1, 0.15) is 5.75 Å². The van der Waals surface area contributed by atoms with Crippen LogP contribution in [0.3, 0.4) is 0 Å². The van der Waals surface area contributed by atoms with Crippen LogP contribution < -0.4 is 15.4 Å². The molecule has 1 aliphatic rings. The van der Waals surface area contributed by atoms with E-state index >= 15 is 0 Å². The molecule has 152 valence electrons. The zero-order chi connectivity index (χ0) is 19.6. The molecule has 0 aliphatic carbocycles. The zero-order valence-electron chi connectivity index (χ0n) is 17.1. The third kappa shape index (κ3) is 5.52. The van der Waals surface area contributed by atoms with Crippen LogP contribution >= 0.6 is 0 Å². The summed E-state index contributed by atoms with van der Waals surface area (Å²) < 4.78 is 7.80. The van der Waals surface area contributed by atoms with Crippen molar-refractivity contribution in [2.45, 2.75) is 32.4 Å². The molecule has 28 heavy (non-hydrogen) atoms. The van der Waals surface area contributed by atoms with Gasteiger partial charge in [0.2, 0.25) is 0 Å². The number of hydrogen-bond acceptors (Lipinski definition) is 3. The molecular weight excluding hydrogens is 350 g/mol. The lowest BCUT2D eigenvalue weighted by Crippen LogP contribution is -2.39. The Labute approximate surface area is 168 Å². The molecule has 1 atom stereocenters. The molecule has 0 amide bonds. The normalized spacial score (nSPS) is 16.1. The lowest BCUT2D eigenvalue weighted by molar-refractivity contribution is 0.245. The van der Waals surface area contributed by atoms with E-state index in [4.69, 9.17) is 9.73 Å². The van der Waals surface area contributed by atoms with Crippen molar-refractivity contribution in [1.29, 1.82) is 0 Å². The van der Waals surface area contributed by atoms with Gasteiger partial charge in [0, 0.05) is 37.6 Å². The van der Waals surface area contributed by atoms with Crippen molar-refractivity contribution in [2.75, 3.05) is 39.8 Å². The molecule has 1 unspecified atom stereocenters. The predicted octanol–water partition coefficient (Wildman–Crippen LogP) is 2.89. The summed E-state index contributed by atoms with van der Waals surface area (Å²) in [4.78, 5) is 7.45. The highest BCUT2D eigenvalue weighted by atomic mass is 16.5. The third-order valence-electron chi connectivity index (χ3n) is 5.17. The van der Waals surface area contributed by atoms with E-state index in [1.165, 1.54) is 18.4 Å². The summed E-state index contributed by atoms with van der Waals surface area (Å²) in [6.07, 6.45) is 6.67. The quantitative estimate of drug-likeness (QED) is 0.516. The molecular formula is C22H33N5O. The van der Waals surface area contributed by atoms with Crippen molar-refractivity contribution < 1.29 is 4.74 Å². The van der Waals surface area contributed by atoms with E-state index in [9.17, 15) is 0 Å². The van der Waals surface area contributed by atoms with Crippen molar-refractivity contribution >= 4 is 5.96 Å². The minimum absolute atomic E-state index is 0.235. The zero-order valence-corrected chi connectivity index (χ0v) is 17.1. The Hall–Kier alpha value is -2.47. The van der Waals surface area contributed by atoms with Gasteiger partial charge in [-0.25, -0.2) is 0 Å². The number of methoxy groups -OCH3 is 1. The predicted molar refractivity (Wildman–Crippen MR) is 115 cm³/mol. The van der Waals surface area contributed by atoms with Crippen LogP contribution in [-0.4, -0.2) is 55.3 Å². The van der Waals surface area contributed by atoms with Gasteiger partial charge in [-0.3, -0.25) is 9.89 Å². The lowest BCUT2D eigenvalue weighted by Gasteiger charge is -2.28. The number of nitrogens with zero attached hydrogens (tertiary/aromatic N) is 3. The highest BCUT2D eigenvalue weighted by molar-refractivity contribution is 5.79. The summed E-state index contributed by atoms with van der Waals surface area (Å²) in [5, 5.41) is 6.82. The summed E-state index contributed by atoms with van der Waals surface area (Å²) in [6, 6.07) is 12.7. The Balaban J connectivity index is 1.69. The first-order valence-corrected chi connectivity index (χ1v) is 10.3. The van der Waals surface area contributed by atoms with Crippen LogP contribution in [-0.2, 0) is 6.54 Å². The van der Waals surface area contributed by atoms with Crippen molar-refractivity contribution in [2.24, 2.45) is 4.99 Å². The van der Waals surface area contributed by atoms with E-state index in [2.05, 4.69) is 51.6 Å². The van der Waals surface area contributed by atoms with E-state index in [-0.39, 0.29) is 6.04 Å². The maximum atomic E-state index is 5.64. The summed E-state index contributed by atoms with van der Waals surface area (Å²) in [5.74, 6) is 1.81. The standard InChI is InChI=1S/C22H33N5O/c1-3-23-22(24-12-17-26-13-6-7-14-26)25-18-20(27-15-8-9-16-27)19-10-4-5-11-21(19)28-2/h4-7,10-11,13-14,20H,3,8-9,12,15-18H2,1-2H3,(H2,23,24,25). The topological polar surface area (TPSA) is 53.8 Å². The molecule has 2 N–H and O–H groups in total. The minimum atomic E-state index is 0.235. The highest BCUT2D eigenvalue weighted by Crippen LogP contribution is 2.31. The SMILES string of the molecule is CCNC(=NCC(c1ccccc1OC)N1CCCC1)NCCn1cccc1. The molecule has 0 spiro atoms. The Kier molecular flexibility index (Phi) is 7.79. The molecule has 1 aromatic heterocycles. The fraction of sp³-hybridized carbons (Fsp3) is 0.500. The van der Waals surface area contributed by atoms with Crippen LogP contribution in [0.4, 0.5) is 0 Å². The van der Waals surface area contributed by atoms with Gasteiger partial charge in [-0.1, -0.05) is 18.2 Å². The Morgan fingerprint density at radius 2 is 1.86 bits per heavy atom. The third-order valence-corrected chi connectivity index (χ3v) is 5.17. The largest absolute Gasteiger partial charge is 0.496 e. The monoisotopic (exact) mass is 383 g/mol. The number of para-hydroxylation sites is 1. The smallest absolute Gasteiger partial charge is 0.191 e. The number of aliphatic imine (C=N–C) groups is 1. The van der Waals surface area contributed by atoms with Gasteiger partial charge in [0.15, 0.2) is 5.96 Å². The maximum absolute atomic E-state index is 5.64. The van der Waals surface area contributed by atoms with Crippen LogP contribution in [0.2, 0.25) is 0 Å². The second-order valence-electron chi connectivity index (χ2n) is 7.07. The molecule has 3 rings (SSSR count). The average Bonchev–Trinajstić information content (AvgIpc) is 3.43. The summed E-state index contributed by atoms with van der Waals surface area (Å²) in [5.41, 5.74) is 1.22. The van der Waals surface area contributed by atoms with Crippen molar-refractivity contribution in [3.8, 4) is 5.75 Å². The van der Waals surface area contributed by atoms with Crippen LogP contribution in [0.5, 0.6) is 5.75 Å². The number of benzene rings is 1. The van der Waals surface area contributed by atoms with E-state index < -0.39 is 0 Å². The van der Waals surface area contributed by atoms with Gasteiger partial charge >= 0.3 is 0 Å². The van der Waals surface area contributed by atoms with Gasteiger partial charge in [-0.2, -0.15) is 0 Å². The summed E-state index contributed by atoms with van der Waals surface area (Å²) in [6.45, 7) is 7.65. The van der Waals surface area contributed by atoms with Crippen molar-refractivity contribution in [3.05, 3.63) is 54.4 Å². The summed E-state index contributed by atoms with van der Waals surface area (Å²) >= 11 is 0. The van der Waals surface area contributed by atoms with E-state index in [1.807, 2.05) is 24.3 Å². The molecule has 1 saturated heterocycles. The minimum Gasteiger partial charge on any atom is -0.496 e. The number of ether oxygens (including phenoxy) is 1. The number of guanidine groups is 1. The number of rotatable bonds is 9. The van der Waals surface area contributed by atoms with Crippen LogP contribution in [0.15, 0.2) is 53.8 Å². The molecule has 6 nitrogen and oxygen atoms in total. The van der Waals surface area contributed by atoms with Crippen LogP contribution in [0.25, 0.3) is 0 Å². The molecule has 1 aliphatic heterocycles. The Morgan fingerprint density at radius 3 is 2.57 bits per heavy atom. The van der Waals surface area contributed by atoms with Gasteiger partial charge in [-0.05, 0) is 51.1 Å². The molecule has 6 heteroatoms. The molecule has 0 bridgehead atoms. The fourth-order valence-electron chi connectivity index (χ4n) is 3.75. The molecule has 0 radical (unpaired) electrons. The fourth-order valence-corrected chi connectivity index (χ4v) is 3.75. The number of likely N-dealkylation sites (tertiary alicyclic amines) is 1. The Morgan fingerprint density at radius 1 is 1.11 bits per heavy atom. The first-order valence-electron chi connectivity index (χ1n) is 10.3. The highest BCUT2D eigenvalue weighted by Gasteiger charge is 2.25. The summed E-state index contributed by atoms with van der Waals surface area (Å²) in [7, 11) is 1.75. The molecule has 2 heterocycles. The van der Waals surface area contributed by atoms with Crippen LogP contribution in [0.1, 0.15) is 31.4 Å². The van der Waals surface area contributed by atoms with Crippen molar-refractivity contribution in [3.63, 3.8) is 0 Å². The van der Waals surface area contributed by atoms with Gasteiger partial charge in [-0.15, -0.1) is 0 Å². The molecule has 2 aromatic rings. The molecule has 1 aromatic carbocycles. The number of hydrogen-bond donors (Lipinski definition) is 2. The Bertz CT molecular complexity index is 722. The van der Waals surface area contributed by atoms with Crippen molar-refractivity contribution in [1.82, 2.24) is 20.1 Å². The van der Waals surface area contributed by atoms with Gasteiger partial charge in [0.25, 0.3) is 0 Å². The molecule has 0 saturated carbocycles. The van der Waals surface area contributed by atoms with E-state index in [0.717, 1.165) is 44.4 Å². The number of nitrogens with one attached hydrogen (secondary N) is 2. The van der Waals surface area contributed by atoms with Gasteiger partial charge < -0.3 is 19.9 Å². The average molecular weight is 384 g/mol. The molecule has 1 fully saturated rings. The second-order valence-corrected chi connectivity index (χ2v) is 7.07. The second kappa shape index (κ2) is 10.8. The first kappa shape index (κ1) is 20.3. The lowest BCUT2D eigenvalue weighted by atomic mass is 10.0. The number of aromatic nitrogens is 1. The van der Waals surface area contributed by atoms with E-state index in [0.29, 0.717) is 6.54 Å². The van der Waals surface area contributed by atoms with Crippen LogP contribution in [0, 0.1) is 0 Å². The van der Waals surface area contributed by atoms with E-state index in [1.54, 1.807) is 7.11 Å². The first-order chi connectivity index (χ1) is 13.8. The maximum Gasteiger partial charge on any atom is 0.191 e. The van der Waals surface area contributed by atoms with Gasteiger partial charge in [0.05, 0.1) is 19.7 Å².